The average Bonchev–Trinajstić information content (AvgIpc) is 2.30. The van der Waals surface area contributed by atoms with Gasteiger partial charge in [-0.3, -0.25) is 9.59 Å². The van der Waals surface area contributed by atoms with Gasteiger partial charge in [0.2, 0.25) is 5.91 Å². The molecule has 0 heterocycles. The van der Waals surface area contributed by atoms with Crippen LogP contribution in [-0.4, -0.2) is 23.0 Å². The standard InChI is InChI=1S/C14H20N2O3/c1-9-6-7-11(13(8-9)16-10(2)17)4-3-5-12(15)14(18)19/h6-8,12H,3-5,15H2,1-2H3,(H,16,17)(H,18,19). The Morgan fingerprint density at radius 1 is 1.42 bits per heavy atom. The molecule has 0 aromatic heterocycles. The Balaban J connectivity index is 2.66. The van der Waals surface area contributed by atoms with Gasteiger partial charge in [-0.15, -0.1) is 0 Å². The van der Waals surface area contributed by atoms with Crippen molar-refractivity contribution in [2.75, 3.05) is 5.32 Å². The number of carboxylic acids is 1. The Labute approximate surface area is 112 Å². The van der Waals surface area contributed by atoms with Gasteiger partial charge in [0.1, 0.15) is 6.04 Å². The summed E-state index contributed by atoms with van der Waals surface area (Å²) in [5, 5.41) is 11.5. The monoisotopic (exact) mass is 264 g/mol. The predicted octanol–water partition coefficient (Wildman–Crippen LogP) is 1.69. The van der Waals surface area contributed by atoms with Gasteiger partial charge in [-0.25, -0.2) is 0 Å². The third-order valence-corrected chi connectivity index (χ3v) is 2.85. The van der Waals surface area contributed by atoms with E-state index in [-0.39, 0.29) is 5.91 Å². The first-order valence-electron chi connectivity index (χ1n) is 6.25. The number of aryl methyl sites for hydroxylation is 2. The summed E-state index contributed by atoms with van der Waals surface area (Å²) in [7, 11) is 0. The number of hydrogen-bond acceptors (Lipinski definition) is 3. The van der Waals surface area contributed by atoms with E-state index in [2.05, 4.69) is 5.32 Å². The normalized spacial score (nSPS) is 11.9. The molecule has 0 spiro atoms. The van der Waals surface area contributed by atoms with Crippen LogP contribution in [0, 0.1) is 6.92 Å². The van der Waals surface area contributed by atoms with E-state index < -0.39 is 12.0 Å². The summed E-state index contributed by atoms with van der Waals surface area (Å²) >= 11 is 0. The Bertz CT molecular complexity index is 472. The third-order valence-electron chi connectivity index (χ3n) is 2.85. The molecule has 0 bridgehead atoms. The summed E-state index contributed by atoms with van der Waals surface area (Å²) < 4.78 is 0. The maximum Gasteiger partial charge on any atom is 0.320 e. The molecular weight excluding hydrogens is 244 g/mol. The molecule has 5 nitrogen and oxygen atoms in total. The summed E-state index contributed by atoms with van der Waals surface area (Å²) in [5.41, 5.74) is 8.31. The molecule has 0 aliphatic heterocycles. The number of carbonyl (C=O) groups is 2. The number of nitrogens with one attached hydrogen (secondary N) is 1. The van der Waals surface area contributed by atoms with E-state index >= 15 is 0 Å². The molecule has 1 amide bonds. The highest BCUT2D eigenvalue weighted by Crippen LogP contribution is 2.20. The van der Waals surface area contributed by atoms with Crippen LogP contribution in [0.15, 0.2) is 18.2 Å². The van der Waals surface area contributed by atoms with Crippen LogP contribution >= 0.6 is 0 Å². The number of carbonyl (C=O) groups excluding carboxylic acids is 1. The van der Waals surface area contributed by atoms with Crippen molar-refractivity contribution in [2.45, 2.75) is 39.2 Å². The van der Waals surface area contributed by atoms with Gasteiger partial charge in [-0.05, 0) is 43.4 Å². The van der Waals surface area contributed by atoms with Crippen LogP contribution < -0.4 is 11.1 Å². The molecule has 5 heteroatoms. The zero-order valence-electron chi connectivity index (χ0n) is 11.3. The zero-order chi connectivity index (χ0) is 14.4. The van der Waals surface area contributed by atoms with Crippen molar-refractivity contribution in [2.24, 2.45) is 5.73 Å². The van der Waals surface area contributed by atoms with Gasteiger partial charge in [0.15, 0.2) is 0 Å². The lowest BCUT2D eigenvalue weighted by Gasteiger charge is -2.12. The maximum atomic E-state index is 11.1. The highest BCUT2D eigenvalue weighted by molar-refractivity contribution is 5.89. The van der Waals surface area contributed by atoms with Crippen LogP contribution in [0.1, 0.15) is 30.9 Å². The molecule has 0 saturated carbocycles. The largest absolute Gasteiger partial charge is 0.480 e. The number of nitrogens with two attached hydrogens (primary N) is 1. The lowest BCUT2D eigenvalue weighted by atomic mass is 10.0. The average molecular weight is 264 g/mol. The fourth-order valence-electron chi connectivity index (χ4n) is 1.85. The fraction of sp³-hybridized carbons (Fsp3) is 0.429. The Kier molecular flexibility index (Phi) is 5.51. The summed E-state index contributed by atoms with van der Waals surface area (Å²) in [6.45, 7) is 3.42. The van der Waals surface area contributed by atoms with Crippen LogP contribution in [0.5, 0.6) is 0 Å². The zero-order valence-corrected chi connectivity index (χ0v) is 11.3. The van der Waals surface area contributed by atoms with Gasteiger partial charge in [0.05, 0.1) is 0 Å². The number of aliphatic carboxylic acids is 1. The Hall–Kier alpha value is -1.88. The molecule has 19 heavy (non-hydrogen) atoms. The predicted molar refractivity (Wildman–Crippen MR) is 74.0 cm³/mol. The minimum Gasteiger partial charge on any atom is -0.480 e. The van der Waals surface area contributed by atoms with E-state index in [0.29, 0.717) is 19.3 Å². The number of anilines is 1. The Morgan fingerprint density at radius 2 is 2.11 bits per heavy atom. The van der Waals surface area contributed by atoms with E-state index in [1.165, 1.54) is 6.92 Å². The minimum atomic E-state index is -0.981. The van der Waals surface area contributed by atoms with Crippen molar-refractivity contribution in [1.82, 2.24) is 0 Å². The quantitative estimate of drug-likeness (QED) is 0.729. The molecule has 0 radical (unpaired) electrons. The maximum absolute atomic E-state index is 11.1. The first kappa shape index (κ1) is 15.2. The van der Waals surface area contributed by atoms with Crippen molar-refractivity contribution in [3.8, 4) is 0 Å². The molecule has 1 atom stereocenters. The second kappa shape index (κ2) is 6.89. The van der Waals surface area contributed by atoms with E-state index in [1.54, 1.807) is 0 Å². The van der Waals surface area contributed by atoms with Gasteiger partial charge in [0.25, 0.3) is 0 Å². The van der Waals surface area contributed by atoms with Crippen LogP contribution in [0.25, 0.3) is 0 Å². The molecule has 1 aromatic carbocycles. The number of rotatable bonds is 6. The number of benzene rings is 1. The highest BCUT2D eigenvalue weighted by Gasteiger charge is 2.11. The second-order valence-corrected chi connectivity index (χ2v) is 4.68. The lowest BCUT2D eigenvalue weighted by Crippen LogP contribution is -2.29. The van der Waals surface area contributed by atoms with Gasteiger partial charge >= 0.3 is 5.97 Å². The van der Waals surface area contributed by atoms with Gasteiger partial charge in [-0.2, -0.15) is 0 Å². The van der Waals surface area contributed by atoms with Crippen LogP contribution in [0.2, 0.25) is 0 Å². The van der Waals surface area contributed by atoms with Crippen LogP contribution in [0.3, 0.4) is 0 Å². The molecule has 1 aromatic rings. The number of amides is 1. The van der Waals surface area contributed by atoms with Crippen LogP contribution in [0.4, 0.5) is 5.69 Å². The highest BCUT2D eigenvalue weighted by atomic mass is 16.4. The fourth-order valence-corrected chi connectivity index (χ4v) is 1.85. The smallest absolute Gasteiger partial charge is 0.320 e. The molecular formula is C14H20N2O3. The van der Waals surface area contributed by atoms with E-state index in [4.69, 9.17) is 10.8 Å². The van der Waals surface area contributed by atoms with Gasteiger partial charge < -0.3 is 16.2 Å². The van der Waals surface area contributed by atoms with Crippen molar-refractivity contribution in [3.05, 3.63) is 29.3 Å². The summed E-state index contributed by atoms with van der Waals surface area (Å²) in [4.78, 5) is 21.8. The van der Waals surface area contributed by atoms with Crippen molar-refractivity contribution in [3.63, 3.8) is 0 Å². The summed E-state index contributed by atoms with van der Waals surface area (Å²) in [6, 6.07) is 5.01. The third kappa shape index (κ3) is 5.09. The number of hydrogen-bond donors (Lipinski definition) is 3. The van der Waals surface area contributed by atoms with E-state index in [9.17, 15) is 9.59 Å². The Morgan fingerprint density at radius 3 is 2.68 bits per heavy atom. The second-order valence-electron chi connectivity index (χ2n) is 4.68. The molecule has 1 rings (SSSR count). The first-order chi connectivity index (χ1) is 8.90. The molecule has 0 fully saturated rings. The van der Waals surface area contributed by atoms with Crippen molar-refractivity contribution in [1.29, 1.82) is 0 Å². The molecule has 104 valence electrons. The van der Waals surface area contributed by atoms with E-state index in [0.717, 1.165) is 16.8 Å². The number of carboxylic acid groups (broad SMARTS) is 1. The molecule has 0 saturated heterocycles. The van der Waals surface area contributed by atoms with Crippen LogP contribution in [-0.2, 0) is 16.0 Å². The van der Waals surface area contributed by atoms with Gasteiger partial charge in [-0.1, -0.05) is 12.1 Å². The SMILES string of the molecule is CC(=O)Nc1cc(C)ccc1CCCC(N)C(=O)O. The topological polar surface area (TPSA) is 92.4 Å². The van der Waals surface area contributed by atoms with E-state index in [1.807, 2.05) is 25.1 Å². The molecule has 4 N–H and O–H groups in total. The summed E-state index contributed by atoms with van der Waals surface area (Å²) in [5.74, 6) is -1.10. The molecule has 1 unspecified atom stereocenters. The van der Waals surface area contributed by atoms with Crippen molar-refractivity contribution < 1.29 is 14.7 Å². The first-order valence-corrected chi connectivity index (χ1v) is 6.25. The summed E-state index contributed by atoms with van der Waals surface area (Å²) in [6.07, 6.45) is 1.78. The molecule has 0 aliphatic rings. The van der Waals surface area contributed by atoms with Gasteiger partial charge in [0, 0.05) is 12.6 Å². The minimum absolute atomic E-state index is 0.117. The molecule has 0 aliphatic carbocycles. The van der Waals surface area contributed by atoms with Crippen molar-refractivity contribution >= 4 is 17.6 Å². The lowest BCUT2D eigenvalue weighted by molar-refractivity contribution is -0.138.